The van der Waals surface area contributed by atoms with Crippen LogP contribution in [0.2, 0.25) is 5.02 Å². The molecule has 0 bridgehead atoms. The Kier molecular flexibility index (Phi) is 5.79. The summed E-state index contributed by atoms with van der Waals surface area (Å²) in [6.45, 7) is 0. The Balaban J connectivity index is 1.55. The fourth-order valence-electron chi connectivity index (χ4n) is 4.26. The highest BCUT2D eigenvalue weighted by molar-refractivity contribution is 6.30. The molecule has 1 atom stereocenters. The molecule has 0 radical (unpaired) electrons. The highest BCUT2D eigenvalue weighted by atomic mass is 35.5. The van der Waals surface area contributed by atoms with E-state index in [0.717, 1.165) is 39.1 Å². The van der Waals surface area contributed by atoms with Gasteiger partial charge in [0.15, 0.2) is 5.82 Å². The first-order valence-electron chi connectivity index (χ1n) is 10.8. The number of benzene rings is 3. The van der Waals surface area contributed by atoms with E-state index in [1.54, 1.807) is 6.07 Å². The number of nitrogens with one attached hydrogen (secondary N) is 2. The molecule has 0 saturated carbocycles. The zero-order valence-corrected chi connectivity index (χ0v) is 19.1. The average Bonchev–Trinajstić information content (AvgIpc) is 3.26. The normalized spacial score (nSPS) is 12.1. The van der Waals surface area contributed by atoms with Crippen molar-refractivity contribution in [3.05, 3.63) is 101 Å². The van der Waals surface area contributed by atoms with Crippen LogP contribution >= 0.6 is 11.6 Å². The highest BCUT2D eigenvalue weighted by Gasteiger charge is 2.22. The second kappa shape index (κ2) is 9.05. The second-order valence-corrected chi connectivity index (χ2v) is 8.57. The number of hydrogen-bond donors (Lipinski definition) is 5. The molecule has 3 aromatic carbocycles. The van der Waals surface area contributed by atoms with E-state index in [9.17, 15) is 0 Å². The minimum absolute atomic E-state index is 0.102. The number of anilines is 3. The van der Waals surface area contributed by atoms with Gasteiger partial charge in [-0.25, -0.2) is 15.8 Å². The molecule has 34 heavy (non-hydrogen) atoms. The monoisotopic (exact) mass is 469 g/mol. The smallest absolute Gasteiger partial charge is 0.165 e. The van der Waals surface area contributed by atoms with E-state index in [0.29, 0.717) is 28.8 Å². The van der Waals surface area contributed by atoms with Gasteiger partial charge in [0.05, 0.1) is 16.7 Å². The SMILES string of the molecule is NNc1nc(N)cc([C@H](Cc2nc3ccc(-c4ccc(Cl)cc4)cc3[nH]2)c2ccccc2)c1N. The average molecular weight is 470 g/mol. The number of fused-ring (bicyclic) bond motifs is 1. The fraction of sp³-hybridized carbons (Fsp3) is 0.0769. The predicted molar refractivity (Wildman–Crippen MR) is 139 cm³/mol. The molecule has 0 spiro atoms. The molecule has 0 aliphatic carbocycles. The van der Waals surface area contributed by atoms with E-state index in [1.807, 2.05) is 48.5 Å². The number of hydrogen-bond acceptors (Lipinski definition) is 6. The van der Waals surface area contributed by atoms with Crippen molar-refractivity contribution >= 4 is 40.0 Å². The van der Waals surface area contributed by atoms with Crippen molar-refractivity contribution in [3.8, 4) is 11.1 Å². The van der Waals surface area contributed by atoms with Gasteiger partial charge in [-0.05, 0) is 52.6 Å². The number of nitrogens with zero attached hydrogens (tertiary/aromatic N) is 2. The molecular weight excluding hydrogens is 446 g/mol. The van der Waals surface area contributed by atoms with Crippen LogP contribution in [0.3, 0.4) is 0 Å². The number of aromatic nitrogens is 3. The molecule has 0 amide bonds. The topological polar surface area (TPSA) is 132 Å². The highest BCUT2D eigenvalue weighted by Crippen LogP contribution is 2.36. The van der Waals surface area contributed by atoms with Gasteiger partial charge in [0, 0.05) is 17.4 Å². The van der Waals surface area contributed by atoms with Crippen molar-refractivity contribution < 1.29 is 0 Å². The summed E-state index contributed by atoms with van der Waals surface area (Å²) in [5.74, 6) is 7.06. The predicted octanol–water partition coefficient (Wildman–Crippen LogP) is 5.10. The first kappa shape index (κ1) is 21.8. The van der Waals surface area contributed by atoms with Gasteiger partial charge in [0.2, 0.25) is 0 Å². The molecule has 8 heteroatoms. The number of pyridine rings is 1. The zero-order valence-electron chi connectivity index (χ0n) is 18.3. The molecule has 5 rings (SSSR count). The summed E-state index contributed by atoms with van der Waals surface area (Å²) in [6.07, 6.45) is 0.590. The van der Waals surface area contributed by atoms with Crippen molar-refractivity contribution in [2.24, 2.45) is 5.84 Å². The second-order valence-electron chi connectivity index (χ2n) is 8.13. The number of halogens is 1. The van der Waals surface area contributed by atoms with Crippen LogP contribution in [0.25, 0.3) is 22.2 Å². The third-order valence-corrected chi connectivity index (χ3v) is 6.18. The summed E-state index contributed by atoms with van der Waals surface area (Å²) in [7, 11) is 0. The van der Waals surface area contributed by atoms with Gasteiger partial charge in [0.25, 0.3) is 0 Å². The molecule has 0 aliphatic rings. The van der Waals surface area contributed by atoms with E-state index in [4.69, 9.17) is 33.9 Å². The number of rotatable bonds is 6. The maximum Gasteiger partial charge on any atom is 0.165 e. The van der Waals surface area contributed by atoms with E-state index in [1.165, 1.54) is 0 Å². The minimum atomic E-state index is -0.102. The van der Waals surface area contributed by atoms with Crippen LogP contribution in [0.4, 0.5) is 17.3 Å². The number of nitrogens with two attached hydrogens (primary N) is 3. The Bertz CT molecular complexity index is 1450. The van der Waals surface area contributed by atoms with Crippen LogP contribution in [0, 0.1) is 0 Å². The Hall–Kier alpha value is -4.07. The summed E-state index contributed by atoms with van der Waals surface area (Å²) in [4.78, 5) is 12.5. The quantitative estimate of drug-likeness (QED) is 0.173. The molecule has 0 saturated heterocycles. The van der Waals surface area contributed by atoms with Crippen LogP contribution in [-0.2, 0) is 6.42 Å². The summed E-state index contributed by atoms with van der Waals surface area (Å²) in [5, 5.41) is 0.713. The van der Waals surface area contributed by atoms with Crippen molar-refractivity contribution in [3.63, 3.8) is 0 Å². The zero-order chi connectivity index (χ0) is 23.7. The lowest BCUT2D eigenvalue weighted by Crippen LogP contribution is -2.16. The third kappa shape index (κ3) is 4.26. The Morgan fingerprint density at radius 2 is 1.62 bits per heavy atom. The van der Waals surface area contributed by atoms with Crippen LogP contribution in [0.1, 0.15) is 22.9 Å². The van der Waals surface area contributed by atoms with Crippen LogP contribution in [-0.4, -0.2) is 15.0 Å². The number of H-pyrrole nitrogens is 1. The standard InChI is InChI=1S/C26H24ClN7/c27-18-9-6-15(7-10-18)17-8-11-21-22(12-17)32-24(31-21)14-19(16-4-2-1-3-5-16)20-13-23(28)33-26(34-30)25(20)29/h1-13,19H,14,29-30H2,(H,31,32)(H3,28,33,34)/t19-/m1/s1. The minimum Gasteiger partial charge on any atom is -0.395 e. The van der Waals surface area contributed by atoms with E-state index in [2.05, 4.69) is 39.7 Å². The van der Waals surface area contributed by atoms with Crippen LogP contribution in [0.5, 0.6) is 0 Å². The van der Waals surface area contributed by atoms with Gasteiger partial charge in [-0.3, -0.25) is 0 Å². The molecule has 0 fully saturated rings. The molecule has 5 aromatic rings. The lowest BCUT2D eigenvalue weighted by atomic mass is 9.87. The molecular formula is C26H24ClN7. The Morgan fingerprint density at radius 3 is 2.35 bits per heavy atom. The lowest BCUT2D eigenvalue weighted by Gasteiger charge is -2.20. The Morgan fingerprint density at radius 1 is 0.882 bits per heavy atom. The third-order valence-electron chi connectivity index (χ3n) is 5.93. The maximum atomic E-state index is 6.42. The summed E-state index contributed by atoms with van der Waals surface area (Å²) in [6, 6.07) is 25.9. The van der Waals surface area contributed by atoms with Crippen molar-refractivity contribution in [2.75, 3.05) is 16.9 Å². The van der Waals surface area contributed by atoms with Crippen molar-refractivity contribution in [1.29, 1.82) is 0 Å². The molecule has 2 heterocycles. The summed E-state index contributed by atoms with van der Waals surface area (Å²) in [5.41, 5.74) is 21.5. The lowest BCUT2D eigenvalue weighted by molar-refractivity contribution is 0.770. The number of nitrogen functional groups attached to an aromatic ring is 3. The first-order chi connectivity index (χ1) is 16.5. The van der Waals surface area contributed by atoms with Gasteiger partial charge < -0.3 is 21.9 Å². The van der Waals surface area contributed by atoms with Gasteiger partial charge in [0.1, 0.15) is 11.6 Å². The van der Waals surface area contributed by atoms with Gasteiger partial charge in [-0.15, -0.1) is 0 Å². The molecule has 7 nitrogen and oxygen atoms in total. The van der Waals surface area contributed by atoms with E-state index < -0.39 is 0 Å². The van der Waals surface area contributed by atoms with Crippen molar-refractivity contribution in [1.82, 2.24) is 15.0 Å². The largest absolute Gasteiger partial charge is 0.395 e. The molecule has 8 N–H and O–H groups in total. The Labute approximate surface area is 202 Å². The molecule has 2 aromatic heterocycles. The van der Waals surface area contributed by atoms with E-state index in [-0.39, 0.29) is 5.92 Å². The summed E-state index contributed by atoms with van der Waals surface area (Å²) < 4.78 is 0. The first-order valence-corrected chi connectivity index (χ1v) is 11.2. The van der Waals surface area contributed by atoms with Gasteiger partial charge >= 0.3 is 0 Å². The molecule has 0 aliphatic heterocycles. The van der Waals surface area contributed by atoms with Gasteiger partial charge in [-0.1, -0.05) is 60.1 Å². The van der Waals surface area contributed by atoms with E-state index >= 15 is 0 Å². The van der Waals surface area contributed by atoms with Crippen LogP contribution in [0.15, 0.2) is 78.9 Å². The fourth-order valence-corrected chi connectivity index (χ4v) is 4.39. The molecule has 170 valence electrons. The van der Waals surface area contributed by atoms with Crippen LogP contribution < -0.4 is 22.7 Å². The summed E-state index contributed by atoms with van der Waals surface area (Å²) >= 11 is 6.04. The number of aromatic amines is 1. The molecule has 0 unspecified atom stereocenters. The number of imidazole rings is 1. The van der Waals surface area contributed by atoms with Gasteiger partial charge in [-0.2, -0.15) is 0 Å². The number of hydrazine groups is 1. The van der Waals surface area contributed by atoms with Crippen molar-refractivity contribution in [2.45, 2.75) is 12.3 Å². The maximum absolute atomic E-state index is 6.42.